The topological polar surface area (TPSA) is 49.4 Å². The Morgan fingerprint density at radius 1 is 0.935 bits per heavy atom. The number of nitrogens with zero attached hydrogens (tertiary/aromatic N) is 1. The van der Waals surface area contributed by atoms with Gasteiger partial charge in [0, 0.05) is 12.6 Å². The van der Waals surface area contributed by atoms with E-state index in [1.807, 2.05) is 44.2 Å². The van der Waals surface area contributed by atoms with E-state index in [-0.39, 0.29) is 17.9 Å². The fourth-order valence-electron chi connectivity index (χ4n) is 4.23. The molecule has 1 atom stereocenters. The standard InChI is InChI=1S/C27H36N2O2/c1-19-10-13-23(14-11-19)18-29(22(4)27(31)28-25-8-6-5-7-9-25)26(30)17-24-15-12-20(2)21(3)16-24/h10-16,22,25H,5-9,17-18H2,1-4H3,(H,28,31). The Morgan fingerprint density at radius 3 is 2.23 bits per heavy atom. The first-order valence-electron chi connectivity index (χ1n) is 11.5. The van der Waals surface area contributed by atoms with Gasteiger partial charge in [-0.25, -0.2) is 0 Å². The molecule has 0 saturated heterocycles. The summed E-state index contributed by atoms with van der Waals surface area (Å²) >= 11 is 0. The highest BCUT2D eigenvalue weighted by atomic mass is 16.2. The van der Waals surface area contributed by atoms with Crippen LogP contribution in [-0.2, 0) is 22.6 Å². The normalized spacial score (nSPS) is 15.4. The first-order chi connectivity index (χ1) is 14.8. The van der Waals surface area contributed by atoms with E-state index in [0.29, 0.717) is 13.0 Å². The molecule has 4 heteroatoms. The number of hydrogen-bond acceptors (Lipinski definition) is 2. The number of hydrogen-bond donors (Lipinski definition) is 1. The van der Waals surface area contributed by atoms with Gasteiger partial charge in [0.25, 0.3) is 0 Å². The third kappa shape index (κ3) is 6.43. The predicted molar refractivity (Wildman–Crippen MR) is 126 cm³/mol. The van der Waals surface area contributed by atoms with Gasteiger partial charge in [-0.1, -0.05) is 67.3 Å². The van der Waals surface area contributed by atoms with Gasteiger partial charge in [0.15, 0.2) is 0 Å². The molecule has 0 aliphatic heterocycles. The van der Waals surface area contributed by atoms with Gasteiger partial charge in [-0.15, -0.1) is 0 Å². The highest BCUT2D eigenvalue weighted by Crippen LogP contribution is 2.19. The molecule has 1 unspecified atom stereocenters. The summed E-state index contributed by atoms with van der Waals surface area (Å²) in [6.07, 6.45) is 5.94. The minimum absolute atomic E-state index is 0.0184. The van der Waals surface area contributed by atoms with Gasteiger partial charge in [-0.3, -0.25) is 9.59 Å². The van der Waals surface area contributed by atoms with E-state index in [1.165, 1.54) is 23.1 Å². The van der Waals surface area contributed by atoms with Crippen LogP contribution in [0.5, 0.6) is 0 Å². The Labute approximate surface area is 187 Å². The number of benzene rings is 2. The van der Waals surface area contributed by atoms with Crippen molar-refractivity contribution >= 4 is 11.8 Å². The Hall–Kier alpha value is -2.62. The van der Waals surface area contributed by atoms with Crippen LogP contribution >= 0.6 is 0 Å². The van der Waals surface area contributed by atoms with E-state index in [4.69, 9.17) is 0 Å². The van der Waals surface area contributed by atoms with Gasteiger partial charge in [0.1, 0.15) is 6.04 Å². The van der Waals surface area contributed by atoms with Crippen LogP contribution in [0.1, 0.15) is 66.8 Å². The van der Waals surface area contributed by atoms with Gasteiger partial charge >= 0.3 is 0 Å². The summed E-state index contributed by atoms with van der Waals surface area (Å²) in [4.78, 5) is 28.1. The Bertz CT molecular complexity index is 898. The second-order valence-corrected chi connectivity index (χ2v) is 9.12. The molecule has 2 amide bonds. The quantitative estimate of drug-likeness (QED) is 0.684. The summed E-state index contributed by atoms with van der Waals surface area (Å²) in [7, 11) is 0. The lowest BCUT2D eigenvalue weighted by Crippen LogP contribution is -2.50. The number of amides is 2. The van der Waals surface area contributed by atoms with Gasteiger partial charge in [0.05, 0.1) is 6.42 Å². The second-order valence-electron chi connectivity index (χ2n) is 9.12. The van der Waals surface area contributed by atoms with Crippen molar-refractivity contribution < 1.29 is 9.59 Å². The van der Waals surface area contributed by atoms with Crippen LogP contribution in [0.25, 0.3) is 0 Å². The van der Waals surface area contributed by atoms with E-state index in [1.54, 1.807) is 4.90 Å². The first-order valence-corrected chi connectivity index (χ1v) is 11.5. The lowest BCUT2D eigenvalue weighted by atomic mass is 9.95. The number of rotatable bonds is 7. The summed E-state index contributed by atoms with van der Waals surface area (Å²) in [5.41, 5.74) is 5.60. The number of aryl methyl sites for hydroxylation is 3. The molecular formula is C27H36N2O2. The average molecular weight is 421 g/mol. The lowest BCUT2D eigenvalue weighted by molar-refractivity contribution is -0.140. The molecule has 4 nitrogen and oxygen atoms in total. The average Bonchev–Trinajstić information content (AvgIpc) is 2.76. The molecule has 0 spiro atoms. The highest BCUT2D eigenvalue weighted by molar-refractivity contribution is 5.88. The second kappa shape index (κ2) is 10.6. The number of carbonyl (C=O) groups is 2. The van der Waals surface area contributed by atoms with Crippen molar-refractivity contribution in [2.24, 2.45) is 0 Å². The number of carbonyl (C=O) groups excluding carboxylic acids is 2. The van der Waals surface area contributed by atoms with E-state index in [0.717, 1.165) is 36.8 Å². The smallest absolute Gasteiger partial charge is 0.242 e. The van der Waals surface area contributed by atoms with E-state index < -0.39 is 6.04 Å². The van der Waals surface area contributed by atoms with Gasteiger partial charge in [-0.2, -0.15) is 0 Å². The predicted octanol–water partition coefficient (Wildman–Crippen LogP) is 5.02. The van der Waals surface area contributed by atoms with Crippen LogP contribution in [-0.4, -0.2) is 28.8 Å². The maximum absolute atomic E-state index is 13.4. The maximum Gasteiger partial charge on any atom is 0.242 e. The zero-order valence-corrected chi connectivity index (χ0v) is 19.4. The van der Waals surface area contributed by atoms with Crippen LogP contribution in [0, 0.1) is 20.8 Å². The van der Waals surface area contributed by atoms with Crippen LogP contribution in [0.2, 0.25) is 0 Å². The van der Waals surface area contributed by atoms with Gasteiger partial charge in [-0.05, 0) is 62.8 Å². The molecule has 1 aliphatic rings. The zero-order valence-electron chi connectivity index (χ0n) is 19.4. The third-order valence-corrected chi connectivity index (χ3v) is 6.52. The van der Waals surface area contributed by atoms with Crippen molar-refractivity contribution in [2.75, 3.05) is 0 Å². The largest absolute Gasteiger partial charge is 0.352 e. The molecule has 1 aliphatic carbocycles. The maximum atomic E-state index is 13.4. The molecule has 2 aromatic rings. The first kappa shape index (κ1) is 23.1. The Balaban J connectivity index is 1.76. The molecule has 1 N–H and O–H groups in total. The van der Waals surface area contributed by atoms with Crippen molar-refractivity contribution in [3.63, 3.8) is 0 Å². The zero-order chi connectivity index (χ0) is 22.4. The molecule has 1 saturated carbocycles. The molecule has 0 aromatic heterocycles. The van der Waals surface area contributed by atoms with E-state index >= 15 is 0 Å². The van der Waals surface area contributed by atoms with Crippen molar-refractivity contribution in [1.82, 2.24) is 10.2 Å². The summed E-state index contributed by atoms with van der Waals surface area (Å²) in [5, 5.41) is 3.20. The highest BCUT2D eigenvalue weighted by Gasteiger charge is 2.28. The van der Waals surface area contributed by atoms with Gasteiger partial charge < -0.3 is 10.2 Å². The summed E-state index contributed by atoms with van der Waals surface area (Å²) in [6, 6.07) is 14.0. The van der Waals surface area contributed by atoms with Crippen LogP contribution in [0.15, 0.2) is 42.5 Å². The lowest BCUT2D eigenvalue weighted by Gasteiger charge is -2.31. The van der Waals surface area contributed by atoms with Crippen molar-refractivity contribution in [3.8, 4) is 0 Å². The minimum Gasteiger partial charge on any atom is -0.352 e. The van der Waals surface area contributed by atoms with Crippen molar-refractivity contribution in [1.29, 1.82) is 0 Å². The fourth-order valence-corrected chi connectivity index (χ4v) is 4.23. The molecule has 1 fully saturated rings. The summed E-state index contributed by atoms with van der Waals surface area (Å²) in [6.45, 7) is 8.47. The molecule has 2 aromatic carbocycles. The monoisotopic (exact) mass is 420 g/mol. The molecule has 166 valence electrons. The van der Waals surface area contributed by atoms with Crippen LogP contribution < -0.4 is 5.32 Å². The summed E-state index contributed by atoms with van der Waals surface area (Å²) in [5.74, 6) is -0.0671. The third-order valence-electron chi connectivity index (χ3n) is 6.52. The van der Waals surface area contributed by atoms with Crippen LogP contribution in [0.3, 0.4) is 0 Å². The molecule has 0 heterocycles. The fraction of sp³-hybridized carbons (Fsp3) is 0.481. The van der Waals surface area contributed by atoms with E-state index in [9.17, 15) is 9.59 Å². The Kier molecular flexibility index (Phi) is 7.89. The minimum atomic E-state index is -0.512. The molecule has 0 bridgehead atoms. The SMILES string of the molecule is Cc1ccc(CN(C(=O)Cc2ccc(C)c(C)c2)C(C)C(=O)NC2CCCCC2)cc1. The van der Waals surface area contributed by atoms with E-state index in [2.05, 4.69) is 31.3 Å². The molecule has 0 radical (unpaired) electrons. The molecule has 3 rings (SSSR count). The van der Waals surface area contributed by atoms with Crippen molar-refractivity contribution in [3.05, 3.63) is 70.3 Å². The van der Waals surface area contributed by atoms with Crippen molar-refractivity contribution in [2.45, 2.75) is 84.8 Å². The summed E-state index contributed by atoms with van der Waals surface area (Å²) < 4.78 is 0. The van der Waals surface area contributed by atoms with Gasteiger partial charge in [0.2, 0.25) is 11.8 Å². The Morgan fingerprint density at radius 2 is 1.58 bits per heavy atom. The molecular weight excluding hydrogens is 384 g/mol. The van der Waals surface area contributed by atoms with Crippen LogP contribution in [0.4, 0.5) is 0 Å². The number of nitrogens with one attached hydrogen (secondary N) is 1. The molecule has 31 heavy (non-hydrogen) atoms.